The van der Waals surface area contributed by atoms with Crippen molar-refractivity contribution in [3.63, 3.8) is 0 Å². The van der Waals surface area contributed by atoms with Crippen LogP contribution in [0.5, 0.6) is 0 Å². The fourth-order valence-electron chi connectivity index (χ4n) is 3.30. The molecule has 1 aliphatic rings. The van der Waals surface area contributed by atoms with Crippen molar-refractivity contribution in [1.82, 2.24) is 15.2 Å². The van der Waals surface area contributed by atoms with Gasteiger partial charge in [0, 0.05) is 18.0 Å². The zero-order valence-electron chi connectivity index (χ0n) is 14.0. The first-order chi connectivity index (χ1) is 11.3. The Morgan fingerprint density at radius 1 is 1.30 bits per heavy atom. The van der Waals surface area contributed by atoms with Gasteiger partial charge in [-0.3, -0.25) is 4.90 Å². The van der Waals surface area contributed by atoms with Crippen molar-refractivity contribution in [2.45, 2.75) is 32.7 Å². The van der Waals surface area contributed by atoms with Crippen LogP contribution in [0.4, 0.5) is 0 Å². The van der Waals surface area contributed by atoms with Crippen LogP contribution in [0.2, 0.25) is 0 Å². The van der Waals surface area contributed by atoms with Gasteiger partial charge in [0.25, 0.3) is 0 Å². The number of hydrogen-bond donors (Lipinski definition) is 1. The quantitative estimate of drug-likeness (QED) is 0.803. The van der Waals surface area contributed by atoms with Crippen LogP contribution in [0.15, 0.2) is 35.8 Å². The largest absolute Gasteiger partial charge is 0.316 e. The summed E-state index contributed by atoms with van der Waals surface area (Å²) in [6, 6.07) is 10.8. The second kappa shape index (κ2) is 8.57. The Hall–Kier alpha value is -1.23. The molecule has 1 aromatic carbocycles. The third kappa shape index (κ3) is 5.13. The van der Waals surface area contributed by atoms with Crippen molar-refractivity contribution in [2.24, 2.45) is 5.92 Å². The first-order valence-electron chi connectivity index (χ1n) is 8.67. The molecule has 23 heavy (non-hydrogen) atoms. The maximum absolute atomic E-state index is 4.41. The molecule has 0 spiro atoms. The van der Waals surface area contributed by atoms with Gasteiger partial charge in [0.05, 0.1) is 11.2 Å². The lowest BCUT2D eigenvalue weighted by Crippen LogP contribution is -2.31. The van der Waals surface area contributed by atoms with Gasteiger partial charge in [-0.25, -0.2) is 4.98 Å². The number of nitrogens with zero attached hydrogens (tertiary/aromatic N) is 2. The Morgan fingerprint density at radius 3 is 2.87 bits per heavy atom. The maximum atomic E-state index is 4.41. The minimum absolute atomic E-state index is 0.806. The van der Waals surface area contributed by atoms with Crippen LogP contribution < -0.4 is 5.32 Å². The molecule has 1 saturated heterocycles. The molecular formula is C19H27N3S. The summed E-state index contributed by atoms with van der Waals surface area (Å²) in [5.74, 6) is 0.806. The molecule has 2 aromatic rings. The van der Waals surface area contributed by atoms with Crippen molar-refractivity contribution in [1.29, 1.82) is 0 Å². The van der Waals surface area contributed by atoms with E-state index >= 15 is 0 Å². The van der Waals surface area contributed by atoms with Gasteiger partial charge in [-0.1, -0.05) is 30.3 Å². The zero-order chi connectivity index (χ0) is 15.9. The van der Waals surface area contributed by atoms with Crippen molar-refractivity contribution in [3.05, 3.63) is 52.0 Å². The van der Waals surface area contributed by atoms with Gasteiger partial charge < -0.3 is 5.32 Å². The predicted molar refractivity (Wildman–Crippen MR) is 97.9 cm³/mol. The van der Waals surface area contributed by atoms with Crippen LogP contribution in [0.25, 0.3) is 0 Å². The molecule has 1 aliphatic heterocycles. The summed E-state index contributed by atoms with van der Waals surface area (Å²) in [4.78, 5) is 8.48. The molecule has 0 amide bonds. The SMILES string of the molecule is Cc1ncsc1CN(CCCc1ccccc1)C[C@H]1CCNC1. The summed E-state index contributed by atoms with van der Waals surface area (Å²) >= 11 is 1.80. The molecule has 0 unspecified atom stereocenters. The summed E-state index contributed by atoms with van der Waals surface area (Å²) in [6.07, 6.45) is 3.71. The molecule has 0 aliphatic carbocycles. The molecular weight excluding hydrogens is 302 g/mol. The minimum atomic E-state index is 0.806. The van der Waals surface area contributed by atoms with Crippen molar-refractivity contribution >= 4 is 11.3 Å². The Balaban J connectivity index is 1.54. The molecule has 124 valence electrons. The lowest BCUT2D eigenvalue weighted by atomic mass is 10.1. The van der Waals surface area contributed by atoms with Gasteiger partial charge in [-0.15, -0.1) is 11.3 Å². The molecule has 3 rings (SSSR count). The van der Waals surface area contributed by atoms with Crippen LogP contribution in [-0.4, -0.2) is 36.1 Å². The van der Waals surface area contributed by atoms with Gasteiger partial charge in [0.15, 0.2) is 0 Å². The van der Waals surface area contributed by atoms with E-state index in [1.54, 1.807) is 11.3 Å². The summed E-state index contributed by atoms with van der Waals surface area (Å²) < 4.78 is 0. The van der Waals surface area contributed by atoms with Gasteiger partial charge in [-0.05, 0) is 57.3 Å². The monoisotopic (exact) mass is 329 g/mol. The smallest absolute Gasteiger partial charge is 0.0798 e. The van der Waals surface area contributed by atoms with Gasteiger partial charge in [0.1, 0.15) is 0 Å². The average molecular weight is 330 g/mol. The fourth-order valence-corrected chi connectivity index (χ4v) is 4.12. The number of aromatic nitrogens is 1. The summed E-state index contributed by atoms with van der Waals surface area (Å²) in [6.45, 7) is 7.92. The molecule has 1 fully saturated rings. The number of benzene rings is 1. The fraction of sp³-hybridized carbons (Fsp3) is 0.526. The second-order valence-corrected chi connectivity index (χ2v) is 7.48. The Kier molecular flexibility index (Phi) is 6.20. The van der Waals surface area contributed by atoms with Crippen molar-refractivity contribution < 1.29 is 0 Å². The summed E-state index contributed by atoms with van der Waals surface area (Å²) in [5.41, 5.74) is 4.63. The molecule has 0 saturated carbocycles. The summed E-state index contributed by atoms with van der Waals surface area (Å²) in [5, 5.41) is 3.49. The highest BCUT2D eigenvalue weighted by molar-refractivity contribution is 7.09. The topological polar surface area (TPSA) is 28.2 Å². The zero-order valence-corrected chi connectivity index (χ0v) is 14.8. The predicted octanol–water partition coefficient (Wildman–Crippen LogP) is 3.50. The normalized spacial score (nSPS) is 17.9. The van der Waals surface area contributed by atoms with Crippen LogP contribution in [0.3, 0.4) is 0 Å². The third-order valence-electron chi connectivity index (χ3n) is 4.67. The lowest BCUT2D eigenvalue weighted by molar-refractivity contribution is 0.228. The van der Waals surface area contributed by atoms with E-state index in [1.165, 1.54) is 61.6 Å². The molecule has 1 aromatic heterocycles. The lowest BCUT2D eigenvalue weighted by Gasteiger charge is -2.25. The maximum Gasteiger partial charge on any atom is 0.0798 e. The third-order valence-corrected chi connectivity index (χ3v) is 5.59. The minimum Gasteiger partial charge on any atom is -0.316 e. The molecule has 3 nitrogen and oxygen atoms in total. The number of aryl methyl sites for hydroxylation is 2. The Bertz CT molecular complexity index is 575. The van der Waals surface area contributed by atoms with Crippen LogP contribution >= 0.6 is 11.3 Å². The number of hydrogen-bond acceptors (Lipinski definition) is 4. The van der Waals surface area contributed by atoms with E-state index in [9.17, 15) is 0 Å². The van der Waals surface area contributed by atoms with Crippen molar-refractivity contribution in [3.8, 4) is 0 Å². The van der Waals surface area contributed by atoms with Crippen LogP contribution in [0, 0.1) is 12.8 Å². The van der Waals surface area contributed by atoms with E-state index in [0.717, 1.165) is 12.5 Å². The highest BCUT2D eigenvalue weighted by Crippen LogP contribution is 2.18. The standard InChI is InChI=1S/C19H27N3S/c1-16-19(23-15-21-16)14-22(13-18-9-10-20-12-18)11-5-8-17-6-3-2-4-7-17/h2-4,6-7,15,18,20H,5,8-14H2,1H3/t18-/m0/s1. The van der Waals surface area contributed by atoms with E-state index in [-0.39, 0.29) is 0 Å². The molecule has 0 bridgehead atoms. The van der Waals surface area contributed by atoms with Crippen LogP contribution in [0.1, 0.15) is 29.0 Å². The Labute approximate surface area is 143 Å². The Morgan fingerprint density at radius 2 is 2.17 bits per heavy atom. The molecule has 1 atom stereocenters. The van der Waals surface area contributed by atoms with E-state index in [4.69, 9.17) is 0 Å². The van der Waals surface area contributed by atoms with Gasteiger partial charge >= 0.3 is 0 Å². The van der Waals surface area contributed by atoms with Gasteiger partial charge in [-0.2, -0.15) is 0 Å². The number of nitrogens with one attached hydrogen (secondary N) is 1. The number of thiazole rings is 1. The van der Waals surface area contributed by atoms with Crippen LogP contribution in [-0.2, 0) is 13.0 Å². The molecule has 0 radical (unpaired) electrons. The highest BCUT2D eigenvalue weighted by Gasteiger charge is 2.19. The molecule has 4 heteroatoms. The van der Waals surface area contributed by atoms with E-state index in [0.29, 0.717) is 0 Å². The first kappa shape index (κ1) is 16.6. The van der Waals surface area contributed by atoms with E-state index < -0.39 is 0 Å². The summed E-state index contributed by atoms with van der Waals surface area (Å²) in [7, 11) is 0. The molecule has 1 N–H and O–H groups in total. The average Bonchev–Trinajstić information content (AvgIpc) is 3.21. The molecule has 2 heterocycles. The van der Waals surface area contributed by atoms with E-state index in [2.05, 4.69) is 52.5 Å². The van der Waals surface area contributed by atoms with Gasteiger partial charge in [0.2, 0.25) is 0 Å². The van der Waals surface area contributed by atoms with Crippen molar-refractivity contribution in [2.75, 3.05) is 26.2 Å². The van der Waals surface area contributed by atoms with E-state index in [1.807, 2.05) is 5.51 Å². The number of rotatable bonds is 8. The second-order valence-electron chi connectivity index (χ2n) is 6.54. The highest BCUT2D eigenvalue weighted by atomic mass is 32.1. The first-order valence-corrected chi connectivity index (χ1v) is 9.55.